The molecule has 2 aromatic heterocycles. The third kappa shape index (κ3) is 4.31. The topological polar surface area (TPSA) is 110 Å². The minimum Gasteiger partial charge on any atom is -0.495 e. The molecule has 4 rings (SSSR count). The van der Waals surface area contributed by atoms with Gasteiger partial charge < -0.3 is 19.5 Å². The zero-order chi connectivity index (χ0) is 24.6. The Kier molecular flexibility index (Phi) is 6.00. The zero-order valence-corrected chi connectivity index (χ0v) is 18.4. The van der Waals surface area contributed by atoms with Crippen LogP contribution in [0.5, 0.6) is 5.75 Å². The number of methoxy groups -OCH3 is 1. The Bertz CT molecular complexity index is 1410. The molecule has 0 spiro atoms. The molecule has 0 aliphatic heterocycles. The summed E-state index contributed by atoms with van der Waals surface area (Å²) in [5.41, 5.74) is -0.168. The minimum atomic E-state index is -4.75. The van der Waals surface area contributed by atoms with Gasteiger partial charge in [0.25, 0.3) is 10.9 Å². The fourth-order valence-corrected chi connectivity index (χ4v) is 3.42. The van der Waals surface area contributed by atoms with Crippen LogP contribution in [-0.2, 0) is 12.7 Å². The van der Waals surface area contributed by atoms with Crippen LogP contribution in [0.1, 0.15) is 11.6 Å². The highest BCUT2D eigenvalue weighted by atomic mass is 35.5. The maximum absolute atomic E-state index is 12.6. The molecule has 0 atom stereocenters. The first-order valence-corrected chi connectivity index (χ1v) is 9.98. The molecule has 2 aromatic carbocycles. The highest BCUT2D eigenvalue weighted by Gasteiger charge is 2.38. The predicted molar refractivity (Wildman–Crippen MR) is 117 cm³/mol. The summed E-state index contributed by atoms with van der Waals surface area (Å²) in [4.78, 5) is 33.5. The number of alkyl halides is 3. The molecule has 0 unspecified atom stereocenters. The molecular formula is C21H15ClF3N5O4. The van der Waals surface area contributed by atoms with Crippen LogP contribution in [0.25, 0.3) is 11.4 Å². The van der Waals surface area contributed by atoms with Gasteiger partial charge in [-0.25, -0.2) is 0 Å². The Balaban J connectivity index is 1.53. The standard InChI is InChI=1S/C21H15ClF3N5O4/c1-30(9-11-7-6-10(8-26-11)19-28-20(34-29-19)21(23,24)25)16-15(17(31)18(16)32)27-14-12(22)4-3-5-13(14)33-2/h3-8,27H,9H2,1-2H3. The SMILES string of the molecule is COc1cccc(Cl)c1Nc1c(N(C)Cc2ccc(-c3noc(C(F)(F)F)n3)cn2)c(=O)c1=O. The van der Waals surface area contributed by atoms with Crippen molar-refractivity contribution in [1.82, 2.24) is 15.1 Å². The Labute approximate surface area is 194 Å². The second-order valence-electron chi connectivity index (χ2n) is 7.14. The number of ether oxygens (including phenoxy) is 1. The van der Waals surface area contributed by atoms with E-state index in [-0.39, 0.29) is 29.3 Å². The molecular weight excluding hydrogens is 479 g/mol. The summed E-state index contributed by atoms with van der Waals surface area (Å²) < 4.78 is 47.4. The molecule has 1 N–H and O–H groups in total. The minimum absolute atomic E-state index is 0.0574. The first-order valence-electron chi connectivity index (χ1n) is 9.60. The van der Waals surface area contributed by atoms with Gasteiger partial charge in [0, 0.05) is 18.8 Å². The van der Waals surface area contributed by atoms with E-state index in [0.29, 0.717) is 22.2 Å². The molecule has 4 aromatic rings. The molecule has 34 heavy (non-hydrogen) atoms. The van der Waals surface area contributed by atoms with Crippen molar-refractivity contribution >= 4 is 28.7 Å². The molecule has 9 nitrogen and oxygen atoms in total. The molecule has 0 saturated carbocycles. The molecule has 0 aliphatic rings. The number of hydrogen-bond acceptors (Lipinski definition) is 9. The van der Waals surface area contributed by atoms with Gasteiger partial charge in [0.2, 0.25) is 5.82 Å². The highest BCUT2D eigenvalue weighted by molar-refractivity contribution is 6.33. The van der Waals surface area contributed by atoms with Gasteiger partial charge in [-0.05, 0) is 24.3 Å². The molecule has 0 aliphatic carbocycles. The van der Waals surface area contributed by atoms with Crippen LogP contribution in [0, 0.1) is 0 Å². The fourth-order valence-electron chi connectivity index (χ4n) is 3.21. The number of para-hydroxylation sites is 1. The van der Waals surface area contributed by atoms with Crippen molar-refractivity contribution in [3.05, 3.63) is 73.6 Å². The molecule has 0 bridgehead atoms. The van der Waals surface area contributed by atoms with Crippen LogP contribution in [0.15, 0.2) is 50.6 Å². The van der Waals surface area contributed by atoms with E-state index in [1.807, 2.05) is 0 Å². The van der Waals surface area contributed by atoms with Gasteiger partial charge in [0.05, 0.1) is 24.4 Å². The first kappa shape index (κ1) is 23.2. The van der Waals surface area contributed by atoms with E-state index >= 15 is 0 Å². The summed E-state index contributed by atoms with van der Waals surface area (Å²) in [7, 11) is 3.04. The third-order valence-electron chi connectivity index (χ3n) is 4.86. The number of aromatic nitrogens is 3. The maximum atomic E-state index is 12.6. The predicted octanol–water partition coefficient (Wildman–Crippen LogP) is 3.79. The summed E-state index contributed by atoms with van der Waals surface area (Å²) in [6.45, 7) is 0.125. The van der Waals surface area contributed by atoms with E-state index in [0.717, 1.165) is 0 Å². The third-order valence-corrected chi connectivity index (χ3v) is 5.18. The van der Waals surface area contributed by atoms with Crippen LogP contribution in [0.2, 0.25) is 5.02 Å². The number of pyridine rings is 1. The van der Waals surface area contributed by atoms with Crippen molar-refractivity contribution in [2.24, 2.45) is 0 Å². The van der Waals surface area contributed by atoms with E-state index in [1.165, 1.54) is 30.3 Å². The number of nitrogens with zero attached hydrogens (tertiary/aromatic N) is 4. The Morgan fingerprint density at radius 1 is 1.15 bits per heavy atom. The van der Waals surface area contributed by atoms with E-state index in [4.69, 9.17) is 16.3 Å². The van der Waals surface area contributed by atoms with Crippen molar-refractivity contribution < 1.29 is 22.4 Å². The van der Waals surface area contributed by atoms with Crippen LogP contribution < -0.4 is 25.8 Å². The number of benzene rings is 1. The Hall–Kier alpha value is -3.93. The lowest BCUT2D eigenvalue weighted by Crippen LogP contribution is -2.40. The Morgan fingerprint density at radius 3 is 2.53 bits per heavy atom. The van der Waals surface area contributed by atoms with Crippen LogP contribution in [0.4, 0.5) is 30.2 Å². The van der Waals surface area contributed by atoms with Gasteiger partial charge in [0.15, 0.2) is 0 Å². The molecule has 2 heterocycles. The normalized spacial score (nSPS) is 11.6. The lowest BCUT2D eigenvalue weighted by Gasteiger charge is -2.24. The number of rotatable bonds is 7. The molecule has 0 fully saturated rings. The summed E-state index contributed by atoms with van der Waals surface area (Å²) in [6.07, 6.45) is -3.47. The lowest BCUT2D eigenvalue weighted by molar-refractivity contribution is -0.159. The average Bonchev–Trinajstić information content (AvgIpc) is 3.31. The summed E-state index contributed by atoms with van der Waals surface area (Å²) in [5.74, 6) is -1.33. The molecule has 0 amide bonds. The summed E-state index contributed by atoms with van der Waals surface area (Å²) >= 11 is 6.20. The maximum Gasteiger partial charge on any atom is 0.471 e. The zero-order valence-electron chi connectivity index (χ0n) is 17.6. The average molecular weight is 494 g/mol. The van der Waals surface area contributed by atoms with Crippen molar-refractivity contribution in [2.75, 3.05) is 24.4 Å². The van der Waals surface area contributed by atoms with Gasteiger partial charge in [-0.3, -0.25) is 14.6 Å². The number of halogens is 4. The van der Waals surface area contributed by atoms with E-state index in [1.54, 1.807) is 25.2 Å². The van der Waals surface area contributed by atoms with E-state index in [9.17, 15) is 22.8 Å². The largest absolute Gasteiger partial charge is 0.495 e. The Morgan fingerprint density at radius 2 is 1.91 bits per heavy atom. The van der Waals surface area contributed by atoms with E-state index in [2.05, 4.69) is 25.0 Å². The van der Waals surface area contributed by atoms with Gasteiger partial charge in [0.1, 0.15) is 22.8 Å². The quantitative estimate of drug-likeness (QED) is 0.384. The van der Waals surface area contributed by atoms with Crippen molar-refractivity contribution in [3.63, 3.8) is 0 Å². The smallest absolute Gasteiger partial charge is 0.471 e. The molecule has 13 heteroatoms. The fraction of sp³-hybridized carbons (Fsp3) is 0.190. The highest BCUT2D eigenvalue weighted by Crippen LogP contribution is 2.36. The van der Waals surface area contributed by atoms with E-state index < -0.39 is 22.9 Å². The van der Waals surface area contributed by atoms with Crippen LogP contribution in [-0.4, -0.2) is 29.3 Å². The van der Waals surface area contributed by atoms with Gasteiger partial charge in [-0.1, -0.05) is 22.8 Å². The number of anilines is 3. The van der Waals surface area contributed by atoms with Gasteiger partial charge in [-0.15, -0.1) is 0 Å². The monoisotopic (exact) mass is 493 g/mol. The van der Waals surface area contributed by atoms with Gasteiger partial charge in [-0.2, -0.15) is 18.2 Å². The van der Waals surface area contributed by atoms with Crippen LogP contribution >= 0.6 is 11.6 Å². The second-order valence-corrected chi connectivity index (χ2v) is 7.55. The molecule has 0 saturated heterocycles. The van der Waals surface area contributed by atoms with Crippen molar-refractivity contribution in [1.29, 1.82) is 0 Å². The molecule has 0 radical (unpaired) electrons. The molecule has 176 valence electrons. The van der Waals surface area contributed by atoms with Crippen molar-refractivity contribution in [3.8, 4) is 17.1 Å². The van der Waals surface area contributed by atoms with Crippen LogP contribution in [0.3, 0.4) is 0 Å². The number of nitrogens with one attached hydrogen (secondary N) is 1. The number of hydrogen-bond donors (Lipinski definition) is 1. The van der Waals surface area contributed by atoms with Crippen molar-refractivity contribution in [2.45, 2.75) is 12.7 Å². The summed E-state index contributed by atoms with van der Waals surface area (Å²) in [6, 6.07) is 7.93. The first-order chi connectivity index (χ1) is 16.1. The second kappa shape index (κ2) is 8.78. The summed E-state index contributed by atoms with van der Waals surface area (Å²) in [5, 5.41) is 6.49. The van der Waals surface area contributed by atoms with Gasteiger partial charge >= 0.3 is 12.1 Å². The lowest BCUT2D eigenvalue weighted by atomic mass is 10.1.